The van der Waals surface area contributed by atoms with E-state index in [0.29, 0.717) is 0 Å². The van der Waals surface area contributed by atoms with E-state index in [2.05, 4.69) is 65.2 Å². The standard InChI is InChI=1S/C28H19NO/c30-28-22-15-8-7-14-21(22)26-25-23(28)16-9-17-24(25)29(18-19-10-3-1-4-11-19)27(26)20-12-5-2-6-13-20/h1-17H,18H2. The van der Waals surface area contributed by atoms with Gasteiger partial charge in [0.25, 0.3) is 0 Å². The van der Waals surface area contributed by atoms with Crippen LogP contribution in [0, 0.1) is 0 Å². The second-order valence-electron chi connectivity index (χ2n) is 7.74. The molecule has 0 atom stereocenters. The molecule has 1 heterocycles. The van der Waals surface area contributed by atoms with Crippen molar-refractivity contribution in [1.29, 1.82) is 0 Å². The summed E-state index contributed by atoms with van der Waals surface area (Å²) in [6.07, 6.45) is 0. The van der Waals surface area contributed by atoms with Crippen LogP contribution in [0.2, 0.25) is 0 Å². The van der Waals surface area contributed by atoms with E-state index in [4.69, 9.17) is 0 Å². The normalized spacial score (nSPS) is 12.2. The molecule has 0 bridgehead atoms. The third-order valence-electron chi connectivity index (χ3n) is 6.01. The molecule has 6 rings (SSSR count). The molecule has 0 saturated carbocycles. The molecule has 1 aromatic heterocycles. The maximum Gasteiger partial charge on any atom is 0.194 e. The maximum absolute atomic E-state index is 13.3. The van der Waals surface area contributed by atoms with Crippen LogP contribution in [0.5, 0.6) is 0 Å². The van der Waals surface area contributed by atoms with Crippen molar-refractivity contribution in [2.45, 2.75) is 6.54 Å². The zero-order valence-corrected chi connectivity index (χ0v) is 16.4. The van der Waals surface area contributed by atoms with Crippen LogP contribution >= 0.6 is 0 Å². The molecule has 2 heteroatoms. The summed E-state index contributed by atoms with van der Waals surface area (Å²) in [5.41, 5.74) is 8.44. The molecule has 0 aliphatic heterocycles. The first-order valence-corrected chi connectivity index (χ1v) is 10.2. The van der Waals surface area contributed by atoms with E-state index in [-0.39, 0.29) is 5.78 Å². The third-order valence-corrected chi connectivity index (χ3v) is 6.01. The number of carbonyl (C=O) groups is 1. The Bertz CT molecular complexity index is 1410. The highest BCUT2D eigenvalue weighted by Gasteiger charge is 2.31. The molecule has 2 nitrogen and oxygen atoms in total. The Labute approximate surface area is 175 Å². The van der Waals surface area contributed by atoms with E-state index in [1.54, 1.807) is 0 Å². The number of rotatable bonds is 3. The predicted octanol–water partition coefficient (Wildman–Crippen LogP) is 6.57. The molecule has 0 amide bonds. The molecule has 4 aromatic carbocycles. The summed E-state index contributed by atoms with van der Waals surface area (Å²) >= 11 is 0. The van der Waals surface area contributed by atoms with Gasteiger partial charge in [-0.3, -0.25) is 4.79 Å². The van der Waals surface area contributed by atoms with E-state index in [9.17, 15) is 4.79 Å². The summed E-state index contributed by atoms with van der Waals surface area (Å²) in [4.78, 5) is 13.3. The fourth-order valence-corrected chi connectivity index (χ4v) is 4.72. The number of nitrogens with zero attached hydrogens (tertiary/aromatic N) is 1. The summed E-state index contributed by atoms with van der Waals surface area (Å²) < 4.78 is 2.37. The lowest BCUT2D eigenvalue weighted by molar-refractivity contribution is 0.104. The summed E-state index contributed by atoms with van der Waals surface area (Å²) in [7, 11) is 0. The second-order valence-corrected chi connectivity index (χ2v) is 7.74. The maximum atomic E-state index is 13.3. The number of hydrogen-bond donors (Lipinski definition) is 0. The Morgan fingerprint density at radius 2 is 1.23 bits per heavy atom. The number of ketones is 1. The van der Waals surface area contributed by atoms with Gasteiger partial charge in [0.05, 0.1) is 11.2 Å². The molecule has 5 aromatic rings. The summed E-state index contributed by atoms with van der Waals surface area (Å²) in [6, 6.07) is 35.1. The summed E-state index contributed by atoms with van der Waals surface area (Å²) in [5.74, 6) is 0.111. The van der Waals surface area contributed by atoms with E-state index < -0.39 is 0 Å². The van der Waals surface area contributed by atoms with Gasteiger partial charge in [0.2, 0.25) is 0 Å². The van der Waals surface area contributed by atoms with Gasteiger partial charge in [-0.1, -0.05) is 97.1 Å². The van der Waals surface area contributed by atoms with Crippen molar-refractivity contribution in [3.63, 3.8) is 0 Å². The first-order valence-electron chi connectivity index (χ1n) is 10.2. The average Bonchev–Trinajstić information content (AvgIpc) is 3.13. The molecule has 142 valence electrons. The Kier molecular flexibility index (Phi) is 3.72. The topological polar surface area (TPSA) is 22.0 Å². The minimum Gasteiger partial charge on any atom is -0.335 e. The Balaban J connectivity index is 1.77. The smallest absolute Gasteiger partial charge is 0.194 e. The molecule has 0 spiro atoms. The number of benzene rings is 4. The van der Waals surface area contributed by atoms with Crippen molar-refractivity contribution < 1.29 is 4.79 Å². The molecule has 30 heavy (non-hydrogen) atoms. The van der Waals surface area contributed by atoms with Crippen molar-refractivity contribution in [2.24, 2.45) is 0 Å². The number of fused-ring (bicyclic) bond motifs is 2. The minimum atomic E-state index is 0.111. The molecule has 0 fully saturated rings. The van der Waals surface area contributed by atoms with Gasteiger partial charge in [-0.05, 0) is 22.8 Å². The lowest BCUT2D eigenvalue weighted by Gasteiger charge is -2.17. The van der Waals surface area contributed by atoms with Crippen LogP contribution in [0.4, 0.5) is 0 Å². The largest absolute Gasteiger partial charge is 0.335 e. The molecule has 1 aliphatic rings. The molecule has 0 radical (unpaired) electrons. The van der Waals surface area contributed by atoms with Gasteiger partial charge in [0.1, 0.15) is 0 Å². The van der Waals surface area contributed by atoms with Crippen molar-refractivity contribution in [3.05, 3.63) is 120 Å². The van der Waals surface area contributed by atoms with Gasteiger partial charge >= 0.3 is 0 Å². The number of hydrogen-bond acceptors (Lipinski definition) is 1. The van der Waals surface area contributed by atoms with Crippen LogP contribution in [0.25, 0.3) is 33.3 Å². The van der Waals surface area contributed by atoms with Gasteiger partial charge in [-0.25, -0.2) is 0 Å². The fourth-order valence-electron chi connectivity index (χ4n) is 4.72. The Hall–Kier alpha value is -3.91. The van der Waals surface area contributed by atoms with Gasteiger partial charge in [0.15, 0.2) is 5.78 Å². The molecule has 0 unspecified atom stereocenters. The van der Waals surface area contributed by atoms with Gasteiger partial charge in [-0.15, -0.1) is 0 Å². The van der Waals surface area contributed by atoms with Crippen molar-refractivity contribution in [1.82, 2.24) is 4.57 Å². The molecule has 0 saturated heterocycles. The minimum absolute atomic E-state index is 0.111. The van der Waals surface area contributed by atoms with E-state index in [1.165, 1.54) is 11.3 Å². The second kappa shape index (κ2) is 6.57. The van der Waals surface area contributed by atoms with E-state index >= 15 is 0 Å². The Morgan fingerprint density at radius 3 is 2.00 bits per heavy atom. The zero-order valence-electron chi connectivity index (χ0n) is 16.4. The van der Waals surface area contributed by atoms with Crippen LogP contribution in [0.1, 0.15) is 21.5 Å². The van der Waals surface area contributed by atoms with E-state index in [0.717, 1.165) is 45.3 Å². The Morgan fingerprint density at radius 1 is 0.600 bits per heavy atom. The first kappa shape index (κ1) is 17.0. The zero-order chi connectivity index (χ0) is 20.1. The number of aromatic nitrogens is 1. The lowest BCUT2D eigenvalue weighted by Crippen LogP contribution is -2.08. The van der Waals surface area contributed by atoms with Crippen LogP contribution in [-0.4, -0.2) is 10.4 Å². The van der Waals surface area contributed by atoms with Crippen molar-refractivity contribution in [2.75, 3.05) is 0 Å². The average molecular weight is 385 g/mol. The molecular formula is C28H19NO. The molecule has 1 aliphatic carbocycles. The van der Waals surface area contributed by atoms with Crippen molar-refractivity contribution >= 4 is 16.7 Å². The van der Waals surface area contributed by atoms with E-state index in [1.807, 2.05) is 42.5 Å². The highest BCUT2D eigenvalue weighted by molar-refractivity contribution is 6.27. The summed E-state index contributed by atoms with van der Waals surface area (Å²) in [5, 5.41) is 1.07. The fraction of sp³-hybridized carbons (Fsp3) is 0.0357. The van der Waals surface area contributed by atoms with Crippen LogP contribution in [-0.2, 0) is 6.54 Å². The summed E-state index contributed by atoms with van der Waals surface area (Å²) in [6.45, 7) is 0.751. The van der Waals surface area contributed by atoms with Crippen LogP contribution in [0.15, 0.2) is 103 Å². The molecular weight excluding hydrogens is 366 g/mol. The third kappa shape index (κ3) is 2.40. The quantitative estimate of drug-likeness (QED) is 0.338. The van der Waals surface area contributed by atoms with Crippen LogP contribution < -0.4 is 0 Å². The SMILES string of the molecule is O=C1c2ccccc2-c2c(-c3ccccc3)n(Cc3ccccc3)c3cccc1c23. The van der Waals surface area contributed by atoms with Crippen molar-refractivity contribution in [3.8, 4) is 22.4 Å². The van der Waals surface area contributed by atoms with Gasteiger partial charge in [0, 0.05) is 28.6 Å². The van der Waals surface area contributed by atoms with Gasteiger partial charge in [-0.2, -0.15) is 0 Å². The monoisotopic (exact) mass is 385 g/mol. The highest BCUT2D eigenvalue weighted by Crippen LogP contribution is 2.47. The first-order chi connectivity index (χ1) is 14.8. The number of carbonyl (C=O) groups excluding carboxylic acids is 1. The predicted molar refractivity (Wildman–Crippen MR) is 122 cm³/mol. The molecule has 0 N–H and O–H groups in total. The van der Waals surface area contributed by atoms with Gasteiger partial charge < -0.3 is 4.57 Å². The van der Waals surface area contributed by atoms with Crippen LogP contribution in [0.3, 0.4) is 0 Å². The highest BCUT2D eigenvalue weighted by atomic mass is 16.1. The lowest BCUT2D eigenvalue weighted by atomic mass is 9.84.